The van der Waals surface area contributed by atoms with Crippen LogP contribution in [0.4, 0.5) is 5.82 Å². The smallest absolute Gasteiger partial charge is 0.258 e. The van der Waals surface area contributed by atoms with Gasteiger partial charge in [0.05, 0.1) is 0 Å². The Kier molecular flexibility index (Phi) is 5.76. The Hall–Kier alpha value is -2.60. The number of nitrogens with zero attached hydrogens (tertiary/aromatic N) is 3. The first-order valence-corrected chi connectivity index (χ1v) is 10.1. The first-order valence-electron chi connectivity index (χ1n) is 10.1. The third kappa shape index (κ3) is 4.62. The van der Waals surface area contributed by atoms with Gasteiger partial charge in [-0.2, -0.15) is 0 Å². The van der Waals surface area contributed by atoms with Gasteiger partial charge in [0, 0.05) is 38.9 Å². The summed E-state index contributed by atoms with van der Waals surface area (Å²) in [6, 6.07) is 10.2. The van der Waals surface area contributed by atoms with Gasteiger partial charge in [0.2, 0.25) is 0 Å². The van der Waals surface area contributed by atoms with Crippen molar-refractivity contribution in [2.75, 3.05) is 44.7 Å². The van der Waals surface area contributed by atoms with Crippen molar-refractivity contribution in [1.29, 1.82) is 0 Å². The summed E-state index contributed by atoms with van der Waals surface area (Å²) in [5.41, 5.74) is 3.75. The van der Waals surface area contributed by atoms with Crippen LogP contribution in [-0.2, 0) is 24.2 Å². The Labute approximate surface area is 166 Å². The van der Waals surface area contributed by atoms with Crippen molar-refractivity contribution in [3.05, 3.63) is 53.2 Å². The van der Waals surface area contributed by atoms with Crippen molar-refractivity contribution < 1.29 is 9.53 Å². The van der Waals surface area contributed by atoms with Crippen LogP contribution < -0.4 is 15.0 Å². The number of hydrogen-bond donors (Lipinski definition) is 1. The third-order valence-electron chi connectivity index (χ3n) is 5.57. The number of hydrogen-bond acceptors (Lipinski definition) is 5. The van der Waals surface area contributed by atoms with Gasteiger partial charge in [-0.1, -0.05) is 12.1 Å². The van der Waals surface area contributed by atoms with Gasteiger partial charge in [-0.25, -0.2) is 4.98 Å². The van der Waals surface area contributed by atoms with Crippen molar-refractivity contribution in [1.82, 2.24) is 15.2 Å². The Balaban J connectivity index is 1.22. The fraction of sp³-hybridized carbons (Fsp3) is 0.455. The van der Waals surface area contributed by atoms with Gasteiger partial charge in [0.1, 0.15) is 11.6 Å². The molecule has 1 aromatic carbocycles. The van der Waals surface area contributed by atoms with Crippen LogP contribution in [0.5, 0.6) is 5.75 Å². The second kappa shape index (κ2) is 8.61. The minimum Gasteiger partial charge on any atom is -0.484 e. The number of anilines is 1. The van der Waals surface area contributed by atoms with E-state index < -0.39 is 0 Å². The molecule has 1 aromatic heterocycles. The number of piperazine rings is 1. The highest BCUT2D eigenvalue weighted by atomic mass is 16.5. The predicted octanol–water partition coefficient (Wildman–Crippen LogP) is 2.02. The zero-order chi connectivity index (χ0) is 19.3. The Bertz CT molecular complexity index is 814. The number of aryl methyl sites for hydroxylation is 2. The first kappa shape index (κ1) is 18.7. The molecule has 0 bridgehead atoms. The second-order valence-corrected chi connectivity index (χ2v) is 7.66. The van der Waals surface area contributed by atoms with Crippen molar-refractivity contribution in [2.24, 2.45) is 0 Å². The van der Waals surface area contributed by atoms with Gasteiger partial charge in [-0.05, 0) is 61.2 Å². The molecule has 1 aliphatic carbocycles. The molecular weight excluding hydrogens is 352 g/mol. The predicted molar refractivity (Wildman–Crippen MR) is 110 cm³/mol. The highest BCUT2D eigenvalue weighted by molar-refractivity contribution is 5.77. The molecule has 1 aliphatic heterocycles. The topological polar surface area (TPSA) is 57.7 Å². The summed E-state index contributed by atoms with van der Waals surface area (Å²) in [7, 11) is 2.14. The molecule has 2 aromatic rings. The minimum atomic E-state index is -0.122. The maximum absolute atomic E-state index is 12.1. The molecule has 0 atom stereocenters. The number of fused-ring (bicyclic) bond motifs is 1. The number of amides is 1. The van der Waals surface area contributed by atoms with E-state index in [1.165, 1.54) is 17.5 Å². The molecule has 0 unspecified atom stereocenters. The number of ether oxygens (including phenoxy) is 1. The molecule has 28 heavy (non-hydrogen) atoms. The van der Waals surface area contributed by atoms with Crippen molar-refractivity contribution in [2.45, 2.75) is 25.8 Å². The molecule has 1 amide bonds. The van der Waals surface area contributed by atoms with E-state index in [0.29, 0.717) is 6.54 Å². The first-order chi connectivity index (χ1) is 13.7. The maximum atomic E-state index is 12.1. The Morgan fingerprint density at radius 3 is 2.71 bits per heavy atom. The number of carbonyl (C=O) groups excluding carboxylic acids is 1. The van der Waals surface area contributed by atoms with Gasteiger partial charge in [0.15, 0.2) is 6.61 Å². The largest absolute Gasteiger partial charge is 0.484 e. The summed E-state index contributed by atoms with van der Waals surface area (Å²) < 4.78 is 5.65. The van der Waals surface area contributed by atoms with E-state index in [-0.39, 0.29) is 12.5 Å². The quantitative estimate of drug-likeness (QED) is 0.831. The lowest BCUT2D eigenvalue weighted by Gasteiger charge is -2.33. The highest BCUT2D eigenvalue weighted by Gasteiger charge is 2.15. The molecule has 0 radical (unpaired) electrons. The molecule has 0 spiro atoms. The van der Waals surface area contributed by atoms with Crippen molar-refractivity contribution >= 4 is 11.7 Å². The monoisotopic (exact) mass is 380 g/mol. The van der Waals surface area contributed by atoms with Gasteiger partial charge < -0.3 is 19.9 Å². The van der Waals surface area contributed by atoms with Crippen LogP contribution in [0.2, 0.25) is 0 Å². The van der Waals surface area contributed by atoms with E-state index >= 15 is 0 Å². The average Bonchev–Trinajstić information content (AvgIpc) is 3.19. The summed E-state index contributed by atoms with van der Waals surface area (Å²) in [5.74, 6) is 1.65. The van der Waals surface area contributed by atoms with Crippen molar-refractivity contribution in [3.63, 3.8) is 0 Å². The molecule has 1 saturated heterocycles. The van der Waals surface area contributed by atoms with Crippen molar-refractivity contribution in [3.8, 4) is 5.75 Å². The molecule has 2 aliphatic rings. The highest BCUT2D eigenvalue weighted by Crippen LogP contribution is 2.25. The molecule has 4 rings (SSSR count). The van der Waals surface area contributed by atoms with Gasteiger partial charge in [0.25, 0.3) is 5.91 Å². The lowest BCUT2D eigenvalue weighted by molar-refractivity contribution is -0.123. The molecule has 148 valence electrons. The molecule has 6 heteroatoms. The van der Waals surface area contributed by atoms with Gasteiger partial charge >= 0.3 is 0 Å². The van der Waals surface area contributed by atoms with Gasteiger partial charge in [-0.3, -0.25) is 4.79 Å². The van der Waals surface area contributed by atoms with E-state index in [0.717, 1.165) is 56.2 Å². The summed E-state index contributed by atoms with van der Waals surface area (Å²) in [5, 5.41) is 2.90. The summed E-state index contributed by atoms with van der Waals surface area (Å²) in [6.07, 6.45) is 5.31. The second-order valence-electron chi connectivity index (χ2n) is 7.66. The average molecular weight is 380 g/mol. The van der Waals surface area contributed by atoms with Crippen LogP contribution in [0.25, 0.3) is 0 Å². The van der Waals surface area contributed by atoms with Crippen LogP contribution in [-0.4, -0.2) is 55.6 Å². The van der Waals surface area contributed by atoms with Crippen LogP contribution >= 0.6 is 0 Å². The minimum absolute atomic E-state index is 0.0333. The van der Waals surface area contributed by atoms with Crippen LogP contribution in [0.15, 0.2) is 36.5 Å². The molecular formula is C22H28N4O2. The standard InChI is InChI=1S/C22H28N4O2/c1-25-9-11-26(12-10-25)21-8-5-17(14-23-21)15-24-22(27)16-28-20-7-6-18-3-2-4-19(18)13-20/h5-8,13-14H,2-4,9-12,15-16H2,1H3,(H,24,27). The van der Waals surface area contributed by atoms with Crippen LogP contribution in [0.1, 0.15) is 23.1 Å². The van der Waals surface area contributed by atoms with Gasteiger partial charge in [-0.15, -0.1) is 0 Å². The number of carbonyl (C=O) groups is 1. The molecule has 1 fully saturated rings. The number of nitrogens with one attached hydrogen (secondary N) is 1. The maximum Gasteiger partial charge on any atom is 0.258 e. The number of aromatic nitrogens is 1. The molecule has 1 N–H and O–H groups in total. The SMILES string of the molecule is CN1CCN(c2ccc(CNC(=O)COc3ccc4c(c3)CCC4)cn2)CC1. The van der Waals surface area contributed by atoms with E-state index in [2.05, 4.69) is 39.3 Å². The molecule has 0 saturated carbocycles. The molecule has 2 heterocycles. The number of rotatable bonds is 6. The van der Waals surface area contributed by atoms with E-state index in [4.69, 9.17) is 4.74 Å². The number of pyridine rings is 1. The normalized spacial score (nSPS) is 16.7. The Morgan fingerprint density at radius 2 is 1.93 bits per heavy atom. The lowest BCUT2D eigenvalue weighted by Crippen LogP contribution is -2.44. The summed E-state index contributed by atoms with van der Waals surface area (Å²) >= 11 is 0. The fourth-order valence-electron chi connectivity index (χ4n) is 3.78. The summed E-state index contributed by atoms with van der Waals surface area (Å²) in [4.78, 5) is 21.3. The third-order valence-corrected chi connectivity index (χ3v) is 5.57. The zero-order valence-electron chi connectivity index (χ0n) is 16.5. The fourth-order valence-corrected chi connectivity index (χ4v) is 3.78. The number of benzene rings is 1. The summed E-state index contributed by atoms with van der Waals surface area (Å²) in [6.45, 7) is 4.61. The Morgan fingerprint density at radius 1 is 1.11 bits per heavy atom. The zero-order valence-corrected chi connectivity index (χ0v) is 16.5. The van der Waals surface area contributed by atoms with E-state index in [9.17, 15) is 4.79 Å². The molecule has 6 nitrogen and oxygen atoms in total. The number of likely N-dealkylation sites (N-methyl/N-ethyl adjacent to an activating group) is 1. The lowest BCUT2D eigenvalue weighted by atomic mass is 10.1. The van der Waals surface area contributed by atoms with E-state index in [1.807, 2.05) is 24.4 Å². The van der Waals surface area contributed by atoms with Crippen LogP contribution in [0, 0.1) is 0 Å². The van der Waals surface area contributed by atoms with Crippen LogP contribution in [0.3, 0.4) is 0 Å². The van der Waals surface area contributed by atoms with E-state index in [1.54, 1.807) is 0 Å².